The Labute approximate surface area is 129 Å². The lowest BCUT2D eigenvalue weighted by Crippen LogP contribution is -2.19. The van der Waals surface area contributed by atoms with Gasteiger partial charge < -0.3 is 10.6 Å². The van der Waals surface area contributed by atoms with Crippen LogP contribution >= 0.6 is 0 Å². The normalized spacial score (nSPS) is 17.5. The highest BCUT2D eigenvalue weighted by molar-refractivity contribution is 6.02. The molecule has 2 aromatic heterocycles. The molecule has 2 N–H and O–H groups in total. The first-order valence-corrected chi connectivity index (χ1v) is 7.45. The van der Waals surface area contributed by atoms with Gasteiger partial charge in [-0.3, -0.25) is 4.79 Å². The standard InChI is InChI=1S/C16H19N5O/c1-10-5-7-18-15(8-10)21-16(22)14-9-13(19-11(2)20-14)12-4-3-6-17-12/h5,7-9,12,17H,3-4,6H2,1-2H3,(H,18,21,22)/t12-/m0/s1. The van der Waals surface area contributed by atoms with Crippen LogP contribution in [0.1, 0.15) is 46.5 Å². The van der Waals surface area contributed by atoms with Crippen LogP contribution in [0.2, 0.25) is 0 Å². The number of anilines is 1. The molecule has 114 valence electrons. The molecule has 1 fully saturated rings. The average molecular weight is 297 g/mol. The average Bonchev–Trinajstić information content (AvgIpc) is 3.01. The summed E-state index contributed by atoms with van der Waals surface area (Å²) in [5.74, 6) is 0.873. The number of rotatable bonds is 3. The molecule has 0 aliphatic carbocycles. The van der Waals surface area contributed by atoms with Crippen molar-refractivity contribution in [3.8, 4) is 0 Å². The van der Waals surface area contributed by atoms with Crippen molar-refractivity contribution in [2.45, 2.75) is 32.7 Å². The monoisotopic (exact) mass is 297 g/mol. The van der Waals surface area contributed by atoms with E-state index in [0.717, 1.165) is 30.6 Å². The first kappa shape index (κ1) is 14.6. The third-order valence-corrected chi connectivity index (χ3v) is 3.66. The fourth-order valence-corrected chi connectivity index (χ4v) is 2.61. The molecule has 6 nitrogen and oxygen atoms in total. The minimum absolute atomic E-state index is 0.213. The van der Waals surface area contributed by atoms with Gasteiger partial charge in [-0.05, 0) is 57.0 Å². The Bertz CT molecular complexity index is 695. The van der Waals surface area contributed by atoms with Gasteiger partial charge in [-0.25, -0.2) is 15.0 Å². The minimum atomic E-state index is -0.261. The van der Waals surface area contributed by atoms with Gasteiger partial charge in [0.25, 0.3) is 5.91 Å². The molecule has 2 aromatic rings. The second-order valence-electron chi connectivity index (χ2n) is 5.55. The molecule has 0 aromatic carbocycles. The van der Waals surface area contributed by atoms with Crippen LogP contribution < -0.4 is 10.6 Å². The summed E-state index contributed by atoms with van der Waals surface area (Å²) < 4.78 is 0. The Morgan fingerprint density at radius 1 is 1.32 bits per heavy atom. The van der Waals surface area contributed by atoms with E-state index in [1.54, 1.807) is 19.2 Å². The van der Waals surface area contributed by atoms with Crippen molar-refractivity contribution in [1.29, 1.82) is 0 Å². The van der Waals surface area contributed by atoms with Gasteiger partial charge in [0.2, 0.25) is 0 Å². The van der Waals surface area contributed by atoms with Crippen LogP contribution in [0, 0.1) is 13.8 Å². The van der Waals surface area contributed by atoms with E-state index in [2.05, 4.69) is 25.6 Å². The van der Waals surface area contributed by atoms with Crippen LogP contribution in [0.4, 0.5) is 5.82 Å². The number of carbonyl (C=O) groups excluding carboxylic acids is 1. The van der Waals surface area contributed by atoms with Crippen LogP contribution in [0.5, 0.6) is 0 Å². The van der Waals surface area contributed by atoms with Gasteiger partial charge in [0.15, 0.2) is 0 Å². The highest BCUT2D eigenvalue weighted by atomic mass is 16.1. The third kappa shape index (κ3) is 3.28. The molecule has 6 heteroatoms. The number of aryl methyl sites for hydroxylation is 2. The smallest absolute Gasteiger partial charge is 0.275 e. The van der Waals surface area contributed by atoms with Crippen molar-refractivity contribution in [2.75, 3.05) is 11.9 Å². The van der Waals surface area contributed by atoms with Gasteiger partial charge in [0.1, 0.15) is 17.3 Å². The number of nitrogens with zero attached hydrogens (tertiary/aromatic N) is 3. The molecule has 0 saturated carbocycles. The molecule has 1 saturated heterocycles. The number of carbonyl (C=O) groups is 1. The number of nitrogens with one attached hydrogen (secondary N) is 2. The van der Waals surface area contributed by atoms with E-state index in [9.17, 15) is 4.79 Å². The Kier molecular flexibility index (Phi) is 4.11. The number of hydrogen-bond acceptors (Lipinski definition) is 5. The largest absolute Gasteiger partial charge is 0.309 e. The fourth-order valence-electron chi connectivity index (χ4n) is 2.61. The molecule has 3 rings (SSSR count). The molecule has 1 amide bonds. The summed E-state index contributed by atoms with van der Waals surface area (Å²) in [7, 11) is 0. The number of hydrogen-bond donors (Lipinski definition) is 2. The Balaban J connectivity index is 1.82. The van der Waals surface area contributed by atoms with E-state index < -0.39 is 0 Å². The number of pyridine rings is 1. The Morgan fingerprint density at radius 3 is 2.91 bits per heavy atom. The predicted molar refractivity (Wildman–Crippen MR) is 83.7 cm³/mol. The van der Waals surface area contributed by atoms with Crippen molar-refractivity contribution in [3.05, 3.63) is 47.2 Å². The van der Waals surface area contributed by atoms with Gasteiger partial charge in [0.05, 0.1) is 5.69 Å². The zero-order chi connectivity index (χ0) is 15.5. The lowest BCUT2D eigenvalue weighted by atomic mass is 10.1. The van der Waals surface area contributed by atoms with Gasteiger partial charge in [-0.1, -0.05) is 0 Å². The summed E-state index contributed by atoms with van der Waals surface area (Å²) in [6, 6.07) is 5.69. The molecular formula is C16H19N5O. The van der Waals surface area contributed by atoms with Gasteiger partial charge in [-0.15, -0.1) is 0 Å². The first-order valence-electron chi connectivity index (χ1n) is 7.45. The van der Waals surface area contributed by atoms with Crippen molar-refractivity contribution in [2.24, 2.45) is 0 Å². The predicted octanol–water partition coefficient (Wildman–Crippen LogP) is 2.17. The van der Waals surface area contributed by atoms with Crippen LogP contribution in [0.15, 0.2) is 24.4 Å². The molecule has 1 aliphatic heterocycles. The minimum Gasteiger partial charge on any atom is -0.309 e. The molecule has 0 spiro atoms. The lowest BCUT2D eigenvalue weighted by molar-refractivity contribution is 0.102. The van der Waals surface area contributed by atoms with E-state index in [1.165, 1.54) is 0 Å². The Hall–Kier alpha value is -2.34. The Morgan fingerprint density at radius 2 is 2.18 bits per heavy atom. The van der Waals surface area contributed by atoms with Crippen molar-refractivity contribution in [1.82, 2.24) is 20.3 Å². The van der Waals surface area contributed by atoms with Gasteiger partial charge >= 0.3 is 0 Å². The lowest BCUT2D eigenvalue weighted by Gasteiger charge is -2.12. The highest BCUT2D eigenvalue weighted by Crippen LogP contribution is 2.22. The second kappa shape index (κ2) is 6.19. The molecule has 3 heterocycles. The molecule has 0 unspecified atom stereocenters. The fraction of sp³-hybridized carbons (Fsp3) is 0.375. The van der Waals surface area contributed by atoms with Gasteiger partial charge in [0, 0.05) is 12.2 Å². The molecular weight excluding hydrogens is 278 g/mol. The molecule has 1 aliphatic rings. The topological polar surface area (TPSA) is 79.8 Å². The number of aromatic nitrogens is 3. The molecule has 0 radical (unpaired) electrons. The zero-order valence-electron chi connectivity index (χ0n) is 12.8. The molecule has 22 heavy (non-hydrogen) atoms. The SMILES string of the molecule is Cc1ccnc(NC(=O)c2cc([C@@H]3CCCN3)nc(C)n2)c1. The summed E-state index contributed by atoms with van der Waals surface area (Å²) in [6.45, 7) is 4.75. The van der Waals surface area contributed by atoms with Crippen LogP contribution in [-0.4, -0.2) is 27.4 Å². The van der Waals surface area contributed by atoms with E-state index >= 15 is 0 Å². The maximum atomic E-state index is 12.4. The van der Waals surface area contributed by atoms with Crippen molar-refractivity contribution < 1.29 is 4.79 Å². The van der Waals surface area contributed by atoms with E-state index in [0.29, 0.717) is 17.3 Å². The highest BCUT2D eigenvalue weighted by Gasteiger charge is 2.20. The summed E-state index contributed by atoms with van der Waals surface area (Å²) in [5.41, 5.74) is 2.30. The van der Waals surface area contributed by atoms with Crippen LogP contribution in [0.3, 0.4) is 0 Å². The zero-order valence-corrected chi connectivity index (χ0v) is 12.8. The summed E-state index contributed by atoms with van der Waals surface area (Å²) in [5, 5.41) is 6.17. The van der Waals surface area contributed by atoms with Crippen molar-refractivity contribution >= 4 is 11.7 Å². The number of amides is 1. The first-order chi connectivity index (χ1) is 10.6. The van der Waals surface area contributed by atoms with Crippen LogP contribution in [-0.2, 0) is 0 Å². The third-order valence-electron chi connectivity index (χ3n) is 3.66. The van der Waals surface area contributed by atoms with Gasteiger partial charge in [-0.2, -0.15) is 0 Å². The maximum absolute atomic E-state index is 12.4. The van der Waals surface area contributed by atoms with E-state index in [1.807, 2.05) is 19.1 Å². The van der Waals surface area contributed by atoms with E-state index in [-0.39, 0.29) is 11.9 Å². The van der Waals surface area contributed by atoms with Crippen molar-refractivity contribution in [3.63, 3.8) is 0 Å². The summed E-state index contributed by atoms with van der Waals surface area (Å²) in [6.07, 6.45) is 3.84. The van der Waals surface area contributed by atoms with E-state index in [4.69, 9.17) is 0 Å². The second-order valence-corrected chi connectivity index (χ2v) is 5.55. The quantitative estimate of drug-likeness (QED) is 0.907. The van der Waals surface area contributed by atoms with Crippen LogP contribution in [0.25, 0.3) is 0 Å². The molecule has 1 atom stereocenters. The summed E-state index contributed by atoms with van der Waals surface area (Å²) >= 11 is 0. The maximum Gasteiger partial charge on any atom is 0.275 e. The summed E-state index contributed by atoms with van der Waals surface area (Å²) in [4.78, 5) is 25.2. The molecule has 0 bridgehead atoms.